The summed E-state index contributed by atoms with van der Waals surface area (Å²) in [6, 6.07) is 23.8. The van der Waals surface area contributed by atoms with Gasteiger partial charge in [-0.05, 0) is 61.0 Å². The third-order valence-electron chi connectivity index (χ3n) is 4.44. The predicted molar refractivity (Wildman–Crippen MR) is 118 cm³/mol. The van der Waals surface area contributed by atoms with Crippen LogP contribution in [0.2, 0.25) is 0 Å². The maximum Gasteiger partial charge on any atom is 0.319 e. The Morgan fingerprint density at radius 1 is 0.833 bits per heavy atom. The van der Waals surface area contributed by atoms with Crippen molar-refractivity contribution in [3.05, 3.63) is 78.4 Å². The molecule has 0 saturated carbocycles. The van der Waals surface area contributed by atoms with Crippen molar-refractivity contribution in [1.82, 2.24) is 9.97 Å². The highest BCUT2D eigenvalue weighted by Crippen LogP contribution is 2.28. The minimum atomic E-state index is 0.313. The molecule has 0 bridgehead atoms. The molecule has 0 aliphatic heterocycles. The molecule has 0 amide bonds. The first-order valence-corrected chi connectivity index (χ1v) is 9.71. The second-order valence-electron chi connectivity index (χ2n) is 6.78. The number of nitrogens with zero attached hydrogens (tertiary/aromatic N) is 2. The van der Waals surface area contributed by atoms with Gasteiger partial charge in [0.1, 0.15) is 23.9 Å². The Morgan fingerprint density at radius 2 is 1.67 bits per heavy atom. The predicted octanol–water partition coefficient (Wildman–Crippen LogP) is 5.50. The van der Waals surface area contributed by atoms with E-state index in [0.29, 0.717) is 25.0 Å². The van der Waals surface area contributed by atoms with Crippen LogP contribution in [0.15, 0.2) is 72.8 Å². The van der Waals surface area contributed by atoms with Crippen molar-refractivity contribution in [1.29, 1.82) is 0 Å². The van der Waals surface area contributed by atoms with Crippen molar-refractivity contribution in [3.63, 3.8) is 0 Å². The zero-order chi connectivity index (χ0) is 20.8. The number of aromatic nitrogens is 2. The number of rotatable bonds is 8. The van der Waals surface area contributed by atoms with E-state index in [2.05, 4.69) is 15.3 Å². The SMILES string of the molecule is COCCOc1nc(Nc2ccc(Oc3cccc(C)c3)cc2)c2ccccc2n1. The summed E-state index contributed by atoms with van der Waals surface area (Å²) < 4.78 is 16.6. The van der Waals surface area contributed by atoms with Crippen molar-refractivity contribution in [2.75, 3.05) is 25.6 Å². The molecule has 4 aromatic rings. The maximum atomic E-state index is 5.92. The number of benzene rings is 3. The fourth-order valence-corrected chi connectivity index (χ4v) is 2.99. The van der Waals surface area contributed by atoms with Crippen LogP contribution in [-0.2, 0) is 4.74 Å². The number of aryl methyl sites for hydroxylation is 1. The van der Waals surface area contributed by atoms with Crippen LogP contribution in [0, 0.1) is 6.92 Å². The monoisotopic (exact) mass is 401 g/mol. The average Bonchev–Trinajstić information content (AvgIpc) is 2.75. The molecule has 4 rings (SSSR count). The number of para-hydroxylation sites is 1. The summed E-state index contributed by atoms with van der Waals surface area (Å²) in [7, 11) is 1.63. The Labute approximate surface area is 175 Å². The van der Waals surface area contributed by atoms with Gasteiger partial charge in [0.05, 0.1) is 12.1 Å². The van der Waals surface area contributed by atoms with Crippen molar-refractivity contribution < 1.29 is 14.2 Å². The Balaban J connectivity index is 1.54. The van der Waals surface area contributed by atoms with E-state index in [1.54, 1.807) is 7.11 Å². The first-order valence-electron chi connectivity index (χ1n) is 9.71. The second kappa shape index (κ2) is 9.24. The number of fused-ring (bicyclic) bond motifs is 1. The fourth-order valence-electron chi connectivity index (χ4n) is 2.99. The standard InChI is InChI=1S/C24H23N3O3/c1-17-6-5-7-20(16-17)30-19-12-10-18(11-13-19)25-23-21-8-3-4-9-22(21)26-24(27-23)29-15-14-28-2/h3-13,16H,14-15H2,1-2H3,(H,25,26,27). The van der Waals surface area contributed by atoms with Gasteiger partial charge < -0.3 is 19.5 Å². The first-order chi connectivity index (χ1) is 14.7. The van der Waals surface area contributed by atoms with Gasteiger partial charge in [0.15, 0.2) is 0 Å². The molecule has 0 aliphatic carbocycles. The molecule has 0 saturated heterocycles. The number of hydrogen-bond acceptors (Lipinski definition) is 6. The van der Waals surface area contributed by atoms with E-state index in [1.165, 1.54) is 0 Å². The number of anilines is 2. The van der Waals surface area contributed by atoms with Gasteiger partial charge >= 0.3 is 6.01 Å². The Bertz CT molecular complexity index is 1130. The number of nitrogens with one attached hydrogen (secondary N) is 1. The zero-order valence-electron chi connectivity index (χ0n) is 17.0. The van der Waals surface area contributed by atoms with Gasteiger partial charge in [-0.1, -0.05) is 24.3 Å². The van der Waals surface area contributed by atoms with Gasteiger partial charge in [-0.3, -0.25) is 0 Å². The average molecular weight is 401 g/mol. The molecule has 0 unspecified atom stereocenters. The van der Waals surface area contributed by atoms with Crippen LogP contribution in [0.3, 0.4) is 0 Å². The third kappa shape index (κ3) is 4.85. The van der Waals surface area contributed by atoms with Crippen LogP contribution < -0.4 is 14.8 Å². The van der Waals surface area contributed by atoms with Crippen LogP contribution in [0.25, 0.3) is 10.9 Å². The van der Waals surface area contributed by atoms with Crippen molar-refractivity contribution in [2.45, 2.75) is 6.92 Å². The summed E-state index contributed by atoms with van der Waals surface area (Å²) >= 11 is 0. The van der Waals surface area contributed by atoms with Crippen LogP contribution in [-0.4, -0.2) is 30.3 Å². The summed E-state index contributed by atoms with van der Waals surface area (Å²) in [5.41, 5.74) is 2.85. The fraction of sp³-hybridized carbons (Fsp3) is 0.167. The van der Waals surface area contributed by atoms with E-state index in [4.69, 9.17) is 14.2 Å². The zero-order valence-corrected chi connectivity index (χ0v) is 17.0. The topological polar surface area (TPSA) is 65.5 Å². The Kier molecular flexibility index (Phi) is 6.06. The van der Waals surface area contributed by atoms with Gasteiger partial charge in [0, 0.05) is 18.2 Å². The summed E-state index contributed by atoms with van der Waals surface area (Å²) in [4.78, 5) is 9.01. The van der Waals surface area contributed by atoms with Gasteiger partial charge in [-0.25, -0.2) is 0 Å². The lowest BCUT2D eigenvalue weighted by atomic mass is 10.2. The molecule has 0 atom stereocenters. The third-order valence-corrected chi connectivity index (χ3v) is 4.44. The van der Waals surface area contributed by atoms with E-state index in [1.807, 2.05) is 79.7 Å². The van der Waals surface area contributed by atoms with Crippen LogP contribution >= 0.6 is 0 Å². The summed E-state index contributed by atoms with van der Waals surface area (Å²) in [6.07, 6.45) is 0. The lowest BCUT2D eigenvalue weighted by molar-refractivity contribution is 0.141. The lowest BCUT2D eigenvalue weighted by Crippen LogP contribution is -2.08. The normalized spacial score (nSPS) is 10.7. The summed E-state index contributed by atoms with van der Waals surface area (Å²) in [5, 5.41) is 4.27. The van der Waals surface area contributed by atoms with Crippen LogP contribution in [0.1, 0.15) is 5.56 Å². The van der Waals surface area contributed by atoms with E-state index in [-0.39, 0.29) is 0 Å². The smallest absolute Gasteiger partial charge is 0.319 e. The minimum Gasteiger partial charge on any atom is -0.461 e. The van der Waals surface area contributed by atoms with E-state index in [0.717, 1.165) is 33.7 Å². The van der Waals surface area contributed by atoms with Gasteiger partial charge in [-0.15, -0.1) is 0 Å². The second-order valence-corrected chi connectivity index (χ2v) is 6.78. The van der Waals surface area contributed by atoms with Crippen LogP contribution in [0.5, 0.6) is 17.5 Å². The first kappa shape index (κ1) is 19.7. The molecule has 1 aromatic heterocycles. The van der Waals surface area contributed by atoms with E-state index >= 15 is 0 Å². The molecular weight excluding hydrogens is 378 g/mol. The minimum absolute atomic E-state index is 0.313. The molecule has 30 heavy (non-hydrogen) atoms. The van der Waals surface area contributed by atoms with Gasteiger partial charge in [0.25, 0.3) is 0 Å². The van der Waals surface area contributed by atoms with Gasteiger partial charge in [0.2, 0.25) is 0 Å². The quantitative estimate of drug-likeness (QED) is 0.393. The molecule has 1 heterocycles. The Hall–Kier alpha value is -3.64. The number of methoxy groups -OCH3 is 1. The Morgan fingerprint density at radius 3 is 2.47 bits per heavy atom. The highest BCUT2D eigenvalue weighted by molar-refractivity contribution is 5.91. The summed E-state index contributed by atoms with van der Waals surface area (Å²) in [6.45, 7) is 2.90. The van der Waals surface area contributed by atoms with E-state index in [9.17, 15) is 0 Å². The highest BCUT2D eigenvalue weighted by atomic mass is 16.5. The molecule has 152 valence electrons. The molecule has 0 spiro atoms. The van der Waals surface area contributed by atoms with Gasteiger partial charge in [-0.2, -0.15) is 9.97 Å². The number of ether oxygens (including phenoxy) is 3. The molecule has 6 nitrogen and oxygen atoms in total. The van der Waals surface area contributed by atoms with E-state index < -0.39 is 0 Å². The molecule has 0 radical (unpaired) electrons. The lowest BCUT2D eigenvalue weighted by Gasteiger charge is -2.12. The largest absolute Gasteiger partial charge is 0.461 e. The van der Waals surface area contributed by atoms with Crippen molar-refractivity contribution in [2.24, 2.45) is 0 Å². The maximum absolute atomic E-state index is 5.92. The van der Waals surface area contributed by atoms with Crippen molar-refractivity contribution in [3.8, 4) is 17.5 Å². The molecule has 6 heteroatoms. The molecule has 0 fully saturated rings. The molecule has 0 aliphatic rings. The highest BCUT2D eigenvalue weighted by Gasteiger charge is 2.09. The van der Waals surface area contributed by atoms with Crippen molar-refractivity contribution >= 4 is 22.4 Å². The number of hydrogen-bond donors (Lipinski definition) is 1. The molecule has 3 aromatic carbocycles. The molecular formula is C24H23N3O3. The van der Waals surface area contributed by atoms with Crippen LogP contribution in [0.4, 0.5) is 11.5 Å². The summed E-state index contributed by atoms with van der Waals surface area (Å²) in [5.74, 6) is 2.26. The molecule has 1 N–H and O–H groups in total.